The number of hydrogen-bond acceptors (Lipinski definition) is 7. The summed E-state index contributed by atoms with van der Waals surface area (Å²) in [5, 5.41) is 20.8. The zero-order valence-electron chi connectivity index (χ0n) is 15.5. The van der Waals surface area contributed by atoms with Crippen molar-refractivity contribution in [3.05, 3.63) is 63.0 Å². The summed E-state index contributed by atoms with van der Waals surface area (Å²) in [6.45, 7) is 5.30. The van der Waals surface area contributed by atoms with Crippen LogP contribution in [0.15, 0.2) is 52.9 Å². The van der Waals surface area contributed by atoms with Crippen LogP contribution in [-0.4, -0.2) is 24.6 Å². The molecule has 0 bridgehead atoms. The number of rotatable bonds is 5. The molecule has 0 aromatic heterocycles. The predicted octanol–water partition coefficient (Wildman–Crippen LogP) is 3.61. The highest BCUT2D eigenvalue weighted by molar-refractivity contribution is 5.95. The van der Waals surface area contributed by atoms with Crippen LogP contribution in [0.1, 0.15) is 20.8 Å². The number of allylic oxidation sites excluding steroid dienone is 5. The Hall–Kier alpha value is -3.60. The first kappa shape index (κ1) is 19.7. The number of hydrogen-bond donors (Lipinski definition) is 0. The number of ether oxygens (including phenoxy) is 2. The van der Waals surface area contributed by atoms with Gasteiger partial charge < -0.3 is 14.4 Å². The molecular formula is C19H19N3O5. The summed E-state index contributed by atoms with van der Waals surface area (Å²) in [5.41, 5.74) is 1.77. The SMILES string of the molecule is CCOC(=O)C(C#N)=C1C=C(C)N(c2ccc(OC)cc2[N+](=O)[O-])C(C)=C1. The van der Waals surface area contributed by atoms with Crippen LogP contribution in [0.3, 0.4) is 0 Å². The molecule has 0 aliphatic carbocycles. The van der Waals surface area contributed by atoms with E-state index in [9.17, 15) is 20.2 Å². The smallest absolute Gasteiger partial charge is 0.349 e. The van der Waals surface area contributed by atoms with Crippen molar-refractivity contribution in [2.45, 2.75) is 20.8 Å². The summed E-state index contributed by atoms with van der Waals surface area (Å²) >= 11 is 0. The Morgan fingerprint density at radius 1 is 1.30 bits per heavy atom. The number of esters is 1. The van der Waals surface area contributed by atoms with Gasteiger partial charge in [0.25, 0.3) is 5.69 Å². The molecule has 0 radical (unpaired) electrons. The molecule has 0 saturated carbocycles. The summed E-state index contributed by atoms with van der Waals surface area (Å²) in [6, 6.07) is 6.44. The molecule has 1 aromatic carbocycles. The fourth-order valence-corrected chi connectivity index (χ4v) is 2.82. The standard InChI is InChI=1S/C19H19N3O5/c1-5-27-19(23)16(11-20)14-8-12(2)21(13(3)9-14)17-7-6-15(26-4)10-18(17)22(24)25/h6-10H,5H2,1-4H3. The van der Waals surface area contributed by atoms with Crippen LogP contribution >= 0.6 is 0 Å². The van der Waals surface area contributed by atoms with E-state index in [1.807, 2.05) is 6.07 Å². The molecule has 0 unspecified atom stereocenters. The Morgan fingerprint density at radius 3 is 2.41 bits per heavy atom. The van der Waals surface area contributed by atoms with E-state index in [0.29, 0.717) is 28.4 Å². The molecule has 8 nitrogen and oxygen atoms in total. The number of carbonyl (C=O) groups excluding carboxylic acids is 1. The fraction of sp³-hybridized carbons (Fsp3) is 0.263. The van der Waals surface area contributed by atoms with Gasteiger partial charge in [0, 0.05) is 17.0 Å². The van der Waals surface area contributed by atoms with Crippen LogP contribution in [0.4, 0.5) is 11.4 Å². The number of nitro groups is 1. The molecule has 140 valence electrons. The lowest BCUT2D eigenvalue weighted by molar-refractivity contribution is -0.384. The van der Waals surface area contributed by atoms with Crippen LogP contribution in [0.5, 0.6) is 5.75 Å². The fourth-order valence-electron chi connectivity index (χ4n) is 2.82. The first-order chi connectivity index (χ1) is 12.8. The first-order valence-electron chi connectivity index (χ1n) is 8.14. The number of anilines is 1. The van der Waals surface area contributed by atoms with Gasteiger partial charge in [0.2, 0.25) is 0 Å². The van der Waals surface area contributed by atoms with E-state index < -0.39 is 10.9 Å². The van der Waals surface area contributed by atoms with Crippen molar-refractivity contribution in [3.8, 4) is 11.8 Å². The van der Waals surface area contributed by atoms with Crippen molar-refractivity contribution in [2.24, 2.45) is 0 Å². The minimum absolute atomic E-state index is 0.112. The van der Waals surface area contributed by atoms with E-state index in [2.05, 4.69) is 0 Å². The summed E-state index contributed by atoms with van der Waals surface area (Å²) in [7, 11) is 1.44. The van der Waals surface area contributed by atoms with E-state index in [4.69, 9.17) is 9.47 Å². The molecule has 1 aliphatic rings. The van der Waals surface area contributed by atoms with E-state index >= 15 is 0 Å². The molecular weight excluding hydrogens is 350 g/mol. The molecule has 0 fully saturated rings. The quantitative estimate of drug-likeness (QED) is 0.256. The predicted molar refractivity (Wildman–Crippen MR) is 98.9 cm³/mol. The van der Waals surface area contributed by atoms with Gasteiger partial charge in [0.15, 0.2) is 0 Å². The van der Waals surface area contributed by atoms with Gasteiger partial charge in [-0.2, -0.15) is 5.26 Å². The second kappa shape index (κ2) is 8.19. The van der Waals surface area contributed by atoms with Gasteiger partial charge in [-0.15, -0.1) is 0 Å². The lowest BCUT2D eigenvalue weighted by Gasteiger charge is -2.29. The zero-order valence-corrected chi connectivity index (χ0v) is 15.5. The summed E-state index contributed by atoms with van der Waals surface area (Å²) < 4.78 is 9.98. The van der Waals surface area contributed by atoms with Crippen molar-refractivity contribution in [1.82, 2.24) is 0 Å². The Morgan fingerprint density at radius 2 is 1.93 bits per heavy atom. The molecule has 27 heavy (non-hydrogen) atoms. The largest absolute Gasteiger partial charge is 0.496 e. The van der Waals surface area contributed by atoms with Crippen LogP contribution in [0.25, 0.3) is 0 Å². The molecule has 1 heterocycles. The third-order valence-corrected chi connectivity index (χ3v) is 3.93. The average Bonchev–Trinajstić information content (AvgIpc) is 2.62. The topological polar surface area (TPSA) is 106 Å². The lowest BCUT2D eigenvalue weighted by atomic mass is 10.0. The normalized spacial score (nSPS) is 13.3. The summed E-state index contributed by atoms with van der Waals surface area (Å²) in [4.78, 5) is 24.7. The molecule has 2 rings (SSSR count). The van der Waals surface area contributed by atoms with Crippen LogP contribution in [0.2, 0.25) is 0 Å². The number of nitriles is 1. The van der Waals surface area contributed by atoms with Crippen LogP contribution < -0.4 is 9.64 Å². The number of methoxy groups -OCH3 is 1. The molecule has 0 N–H and O–H groups in total. The van der Waals surface area contributed by atoms with Gasteiger partial charge in [-0.05, 0) is 45.1 Å². The third kappa shape index (κ3) is 3.98. The minimum atomic E-state index is -0.702. The highest BCUT2D eigenvalue weighted by Crippen LogP contribution is 2.38. The maximum Gasteiger partial charge on any atom is 0.349 e. The Labute approximate surface area is 156 Å². The van der Waals surface area contributed by atoms with Crippen molar-refractivity contribution in [2.75, 3.05) is 18.6 Å². The molecule has 1 aliphatic heterocycles. The maximum absolute atomic E-state index is 12.0. The minimum Gasteiger partial charge on any atom is -0.496 e. The molecule has 0 saturated heterocycles. The van der Waals surface area contributed by atoms with Crippen molar-refractivity contribution in [1.29, 1.82) is 5.26 Å². The Balaban J connectivity index is 2.56. The van der Waals surface area contributed by atoms with Gasteiger partial charge in [0.1, 0.15) is 23.1 Å². The molecule has 8 heteroatoms. The summed E-state index contributed by atoms with van der Waals surface area (Å²) in [6.07, 6.45) is 3.24. The summed E-state index contributed by atoms with van der Waals surface area (Å²) in [5.74, 6) is -0.327. The Bertz CT molecular complexity index is 900. The monoisotopic (exact) mass is 369 g/mol. The molecule has 0 atom stereocenters. The van der Waals surface area contributed by atoms with E-state index in [1.54, 1.807) is 50.0 Å². The number of benzene rings is 1. The van der Waals surface area contributed by atoms with Crippen molar-refractivity contribution in [3.63, 3.8) is 0 Å². The number of nitrogens with zero attached hydrogens (tertiary/aromatic N) is 3. The van der Waals surface area contributed by atoms with E-state index in [-0.39, 0.29) is 17.9 Å². The second-order valence-electron chi connectivity index (χ2n) is 5.68. The van der Waals surface area contributed by atoms with Gasteiger partial charge in [-0.25, -0.2) is 4.79 Å². The third-order valence-electron chi connectivity index (χ3n) is 3.93. The maximum atomic E-state index is 12.0. The van der Waals surface area contributed by atoms with Gasteiger partial charge >= 0.3 is 5.97 Å². The van der Waals surface area contributed by atoms with Gasteiger partial charge in [-0.3, -0.25) is 10.1 Å². The van der Waals surface area contributed by atoms with Crippen LogP contribution in [0, 0.1) is 21.4 Å². The number of nitro benzene ring substituents is 1. The van der Waals surface area contributed by atoms with Gasteiger partial charge in [0.05, 0.1) is 24.7 Å². The van der Waals surface area contributed by atoms with Gasteiger partial charge in [-0.1, -0.05) is 0 Å². The average molecular weight is 369 g/mol. The highest BCUT2D eigenvalue weighted by atomic mass is 16.6. The number of carbonyl (C=O) groups is 1. The molecule has 1 aromatic rings. The van der Waals surface area contributed by atoms with E-state index in [1.165, 1.54) is 13.2 Å². The molecule has 0 amide bonds. The van der Waals surface area contributed by atoms with Crippen molar-refractivity contribution >= 4 is 17.3 Å². The van der Waals surface area contributed by atoms with E-state index in [0.717, 1.165) is 0 Å². The van der Waals surface area contributed by atoms with Crippen molar-refractivity contribution < 1.29 is 19.2 Å². The second-order valence-corrected chi connectivity index (χ2v) is 5.68. The molecule has 0 spiro atoms. The zero-order chi connectivity index (χ0) is 20.1. The highest BCUT2D eigenvalue weighted by Gasteiger charge is 2.26. The lowest BCUT2D eigenvalue weighted by Crippen LogP contribution is -2.23. The van der Waals surface area contributed by atoms with Crippen LogP contribution in [-0.2, 0) is 9.53 Å². The Kier molecular flexibility index (Phi) is 5.98. The first-order valence-corrected chi connectivity index (χ1v) is 8.14.